The van der Waals surface area contributed by atoms with Crippen molar-refractivity contribution in [2.24, 2.45) is 7.05 Å². The van der Waals surface area contributed by atoms with E-state index in [9.17, 15) is 9.59 Å². The average molecular weight is 562 g/mol. The van der Waals surface area contributed by atoms with Gasteiger partial charge in [-0.2, -0.15) is 0 Å². The molecule has 0 spiro atoms. The summed E-state index contributed by atoms with van der Waals surface area (Å²) in [7, 11) is 5.26. The first-order valence-corrected chi connectivity index (χ1v) is 14.0. The van der Waals surface area contributed by atoms with E-state index < -0.39 is 11.7 Å². The van der Waals surface area contributed by atoms with Crippen molar-refractivity contribution in [3.8, 4) is 17.3 Å². The third-order valence-corrected chi connectivity index (χ3v) is 7.39. The number of ether oxygens (including phenoxy) is 3. The van der Waals surface area contributed by atoms with Gasteiger partial charge in [0.25, 0.3) is 5.91 Å². The summed E-state index contributed by atoms with van der Waals surface area (Å²) in [5.41, 5.74) is 3.47. The lowest BCUT2D eigenvalue weighted by Gasteiger charge is -2.33. The van der Waals surface area contributed by atoms with Crippen molar-refractivity contribution in [1.29, 1.82) is 0 Å². The van der Waals surface area contributed by atoms with Crippen LogP contribution in [0.15, 0.2) is 42.5 Å². The fourth-order valence-corrected chi connectivity index (χ4v) is 5.57. The molecule has 2 aromatic carbocycles. The first-order valence-electron chi connectivity index (χ1n) is 14.0. The molecule has 0 saturated carbocycles. The third kappa shape index (κ3) is 5.88. The average Bonchev–Trinajstić information content (AvgIpc) is 3.47. The van der Waals surface area contributed by atoms with Crippen molar-refractivity contribution in [1.82, 2.24) is 24.3 Å². The lowest BCUT2D eigenvalue weighted by atomic mass is 10.0. The third-order valence-electron chi connectivity index (χ3n) is 7.39. The Hall–Kier alpha value is -4.05. The van der Waals surface area contributed by atoms with Gasteiger partial charge in [-0.1, -0.05) is 18.2 Å². The highest BCUT2D eigenvalue weighted by Crippen LogP contribution is 2.34. The predicted octanol–water partition coefficient (Wildman–Crippen LogP) is 4.98. The summed E-state index contributed by atoms with van der Waals surface area (Å²) >= 11 is 0. The zero-order chi connectivity index (χ0) is 29.3. The molecule has 1 aliphatic heterocycles. The number of nitrogens with zero attached hydrogens (tertiary/aromatic N) is 4. The molecule has 41 heavy (non-hydrogen) atoms. The molecule has 1 saturated heterocycles. The number of likely N-dealkylation sites (tertiary alicyclic amines) is 1. The molecule has 4 aromatic rings. The van der Waals surface area contributed by atoms with Crippen LogP contribution < -0.4 is 10.1 Å². The second-order valence-corrected chi connectivity index (χ2v) is 11.5. The maximum Gasteiger partial charge on any atom is 0.407 e. The number of nitrogens with one attached hydrogen (secondary N) is 1. The van der Waals surface area contributed by atoms with Crippen LogP contribution in [0.3, 0.4) is 0 Å². The second-order valence-electron chi connectivity index (χ2n) is 11.5. The Kier molecular flexibility index (Phi) is 7.95. The maximum absolute atomic E-state index is 13.7. The number of fused-ring (bicyclic) bond motifs is 2. The molecule has 10 nitrogen and oxygen atoms in total. The van der Waals surface area contributed by atoms with Crippen molar-refractivity contribution in [3.05, 3.63) is 48.0 Å². The van der Waals surface area contributed by atoms with Gasteiger partial charge in [-0.25, -0.2) is 9.78 Å². The molecule has 2 aromatic heterocycles. The molecule has 0 radical (unpaired) electrons. The quantitative estimate of drug-likeness (QED) is 0.342. The Bertz CT molecular complexity index is 1580. The molecular weight excluding hydrogens is 522 g/mol. The fourth-order valence-electron chi connectivity index (χ4n) is 5.57. The Morgan fingerprint density at radius 3 is 2.63 bits per heavy atom. The molecule has 0 aliphatic carbocycles. The number of benzene rings is 2. The Morgan fingerprint density at radius 2 is 1.90 bits per heavy atom. The zero-order valence-corrected chi connectivity index (χ0v) is 24.7. The smallest absolute Gasteiger partial charge is 0.407 e. The van der Waals surface area contributed by atoms with Crippen LogP contribution >= 0.6 is 0 Å². The number of hydrogen-bond acceptors (Lipinski definition) is 6. The summed E-state index contributed by atoms with van der Waals surface area (Å²) in [6.07, 6.45) is 1.10. The summed E-state index contributed by atoms with van der Waals surface area (Å²) in [6.45, 7) is 7.75. The first-order chi connectivity index (χ1) is 19.6. The SMILES string of the molecule is COCCn1c(-c2nc3cc(C(=O)N4CCCC(NC(=O)OC(C)(C)C)C4)cc(OC)c3n2C)cc2ccccc21. The van der Waals surface area contributed by atoms with Gasteiger partial charge in [0.05, 0.1) is 24.9 Å². The van der Waals surface area contributed by atoms with E-state index >= 15 is 0 Å². The van der Waals surface area contributed by atoms with Gasteiger partial charge >= 0.3 is 6.09 Å². The lowest BCUT2D eigenvalue weighted by molar-refractivity contribution is 0.0452. The first kappa shape index (κ1) is 28.5. The number of aryl methyl sites for hydroxylation is 1. The summed E-state index contributed by atoms with van der Waals surface area (Å²) in [4.78, 5) is 32.8. The van der Waals surface area contributed by atoms with E-state index in [-0.39, 0.29) is 11.9 Å². The molecule has 218 valence electrons. The van der Waals surface area contributed by atoms with Crippen LogP contribution in [0, 0.1) is 0 Å². The van der Waals surface area contributed by atoms with Crippen LogP contribution in [0.25, 0.3) is 33.5 Å². The molecular formula is C31H39N5O5. The van der Waals surface area contributed by atoms with Crippen LogP contribution in [0.5, 0.6) is 5.75 Å². The summed E-state index contributed by atoms with van der Waals surface area (Å²) < 4.78 is 20.8. The van der Waals surface area contributed by atoms with Gasteiger partial charge in [0.15, 0.2) is 5.82 Å². The standard InChI is InChI=1S/C31H39N5O5/c1-31(2,3)41-30(38)32-22-11-9-13-35(19-22)29(37)21-16-23-27(26(18-21)40-6)34(4)28(33-23)25-17-20-10-7-8-12-24(20)36(25)14-15-39-5/h7-8,10,12,16-18,22H,9,11,13-15,19H2,1-6H3,(H,32,38). The van der Waals surface area contributed by atoms with Crippen LogP contribution in [0.2, 0.25) is 0 Å². The summed E-state index contributed by atoms with van der Waals surface area (Å²) in [5, 5.41) is 4.04. The minimum atomic E-state index is -0.583. The Morgan fingerprint density at radius 1 is 1.12 bits per heavy atom. The zero-order valence-electron chi connectivity index (χ0n) is 24.7. The molecule has 2 amide bonds. The van der Waals surface area contributed by atoms with E-state index in [0.717, 1.165) is 40.8 Å². The molecule has 0 bridgehead atoms. The van der Waals surface area contributed by atoms with Gasteiger partial charge in [0.1, 0.15) is 16.9 Å². The highest BCUT2D eigenvalue weighted by molar-refractivity contribution is 6.00. The van der Waals surface area contributed by atoms with Crippen molar-refractivity contribution in [2.45, 2.75) is 51.8 Å². The molecule has 1 unspecified atom stereocenters. The number of rotatable bonds is 7. The van der Waals surface area contributed by atoms with Crippen molar-refractivity contribution in [2.75, 3.05) is 33.9 Å². The minimum absolute atomic E-state index is 0.123. The summed E-state index contributed by atoms with van der Waals surface area (Å²) in [6, 6.07) is 13.8. The highest BCUT2D eigenvalue weighted by Gasteiger charge is 2.28. The Labute approximate surface area is 240 Å². The summed E-state index contributed by atoms with van der Waals surface area (Å²) in [5.74, 6) is 1.23. The van der Waals surface area contributed by atoms with Crippen LogP contribution in [0.4, 0.5) is 4.79 Å². The van der Waals surface area contributed by atoms with Gasteiger partial charge in [0, 0.05) is 56.3 Å². The van der Waals surface area contributed by atoms with Crippen LogP contribution in [-0.4, -0.2) is 76.6 Å². The highest BCUT2D eigenvalue weighted by atomic mass is 16.6. The maximum atomic E-state index is 13.7. The molecule has 1 atom stereocenters. The van der Waals surface area contributed by atoms with E-state index in [4.69, 9.17) is 19.2 Å². The topological polar surface area (TPSA) is 99.9 Å². The number of para-hydroxylation sites is 1. The van der Waals surface area contributed by atoms with E-state index in [1.807, 2.05) is 50.6 Å². The van der Waals surface area contributed by atoms with E-state index in [2.05, 4.69) is 28.1 Å². The van der Waals surface area contributed by atoms with E-state index in [1.165, 1.54) is 0 Å². The number of amides is 2. The fraction of sp³-hybridized carbons (Fsp3) is 0.452. The van der Waals surface area contributed by atoms with Gasteiger partial charge in [-0.15, -0.1) is 0 Å². The minimum Gasteiger partial charge on any atom is -0.494 e. The number of hydrogen-bond donors (Lipinski definition) is 1. The van der Waals surface area contributed by atoms with E-state index in [1.54, 1.807) is 25.2 Å². The van der Waals surface area contributed by atoms with Gasteiger partial charge < -0.3 is 33.6 Å². The number of aromatic nitrogens is 3. The van der Waals surface area contributed by atoms with Crippen molar-refractivity contribution in [3.63, 3.8) is 0 Å². The number of carbonyl (C=O) groups excluding carboxylic acids is 2. The van der Waals surface area contributed by atoms with Crippen LogP contribution in [0.1, 0.15) is 44.0 Å². The number of piperidine rings is 1. The molecule has 1 N–H and O–H groups in total. The van der Waals surface area contributed by atoms with Gasteiger partial charge in [-0.3, -0.25) is 4.79 Å². The molecule has 3 heterocycles. The largest absolute Gasteiger partial charge is 0.494 e. The lowest BCUT2D eigenvalue weighted by Crippen LogP contribution is -2.50. The van der Waals surface area contributed by atoms with Gasteiger partial charge in [0.2, 0.25) is 0 Å². The van der Waals surface area contributed by atoms with Crippen molar-refractivity contribution >= 4 is 33.9 Å². The van der Waals surface area contributed by atoms with E-state index in [0.29, 0.717) is 43.1 Å². The molecule has 1 aliphatic rings. The molecule has 1 fully saturated rings. The van der Waals surface area contributed by atoms with Gasteiger partial charge in [-0.05, 0) is 57.9 Å². The number of methoxy groups -OCH3 is 2. The second kappa shape index (κ2) is 11.4. The molecule has 5 rings (SSSR count). The Balaban J connectivity index is 1.46. The predicted molar refractivity (Wildman–Crippen MR) is 158 cm³/mol. The monoisotopic (exact) mass is 561 g/mol. The number of alkyl carbamates (subject to hydrolysis) is 1. The molecule has 10 heteroatoms. The number of imidazole rings is 1. The van der Waals surface area contributed by atoms with Crippen LogP contribution in [-0.2, 0) is 23.1 Å². The number of carbonyl (C=O) groups is 2. The van der Waals surface area contributed by atoms with Crippen molar-refractivity contribution < 1.29 is 23.8 Å². The normalized spacial score (nSPS) is 15.9.